The number of fused-ring (bicyclic) bond motifs is 1. The number of hydrogen-bond acceptors (Lipinski definition) is 7. The maximum Gasteiger partial charge on any atom is 0.271 e. The van der Waals surface area contributed by atoms with Gasteiger partial charge in [-0.3, -0.25) is 19.5 Å². The molecule has 166 valence electrons. The van der Waals surface area contributed by atoms with Crippen molar-refractivity contribution in [3.63, 3.8) is 0 Å². The number of aromatic nitrogens is 3. The Morgan fingerprint density at radius 3 is 2.97 bits per heavy atom. The zero-order chi connectivity index (χ0) is 22.7. The highest BCUT2D eigenvalue weighted by atomic mass is 35.5. The minimum absolute atomic E-state index is 0.0516. The highest BCUT2D eigenvalue weighted by Gasteiger charge is 2.22. The third kappa shape index (κ3) is 4.72. The van der Waals surface area contributed by atoms with Crippen LogP contribution in [-0.4, -0.2) is 31.3 Å². The summed E-state index contributed by atoms with van der Waals surface area (Å²) in [6.07, 6.45) is 6.33. The number of allylic oxidation sites excluding steroid dienone is 1. The smallest absolute Gasteiger partial charge is 0.271 e. The molecule has 11 heteroatoms. The zero-order valence-corrected chi connectivity index (χ0v) is 19.4. The Morgan fingerprint density at radius 1 is 1.38 bits per heavy atom. The first-order valence-corrected chi connectivity index (χ1v) is 12.2. The summed E-state index contributed by atoms with van der Waals surface area (Å²) in [6, 6.07) is 3.91. The van der Waals surface area contributed by atoms with E-state index in [-0.39, 0.29) is 28.1 Å². The molecule has 0 radical (unpaired) electrons. The molecular formula is C21H20ClN5O3S2. The number of aryl methyl sites for hydroxylation is 1. The molecular weight excluding hydrogens is 470 g/mol. The Labute approximate surface area is 197 Å². The average Bonchev–Trinajstić information content (AvgIpc) is 3.38. The minimum atomic E-state index is -0.539. The number of benzene rings is 1. The van der Waals surface area contributed by atoms with Crippen LogP contribution < -0.4 is 5.32 Å². The number of thiophene rings is 1. The van der Waals surface area contributed by atoms with E-state index < -0.39 is 4.92 Å². The van der Waals surface area contributed by atoms with Crippen molar-refractivity contribution in [2.45, 2.75) is 37.4 Å². The topological polar surface area (TPSA) is 103 Å². The van der Waals surface area contributed by atoms with Crippen LogP contribution in [0.1, 0.15) is 23.3 Å². The molecule has 3 aromatic rings. The van der Waals surface area contributed by atoms with E-state index in [4.69, 9.17) is 11.6 Å². The fourth-order valence-electron chi connectivity index (χ4n) is 3.61. The number of carbonyl (C=O) groups is 1. The van der Waals surface area contributed by atoms with Crippen LogP contribution in [0.15, 0.2) is 41.4 Å². The maximum atomic E-state index is 12.5. The number of nitro benzene ring substituents is 1. The van der Waals surface area contributed by atoms with Gasteiger partial charge >= 0.3 is 0 Å². The molecule has 2 heterocycles. The SMILES string of the molecule is C=CCn1c(SCC(=O)Nc2cc([N+](=O)[O-])ccc2Cl)nnc1-c1csc2c1CCCC2. The highest BCUT2D eigenvalue weighted by molar-refractivity contribution is 7.99. The summed E-state index contributed by atoms with van der Waals surface area (Å²) >= 11 is 9.08. The molecule has 0 saturated carbocycles. The molecule has 0 saturated heterocycles. The summed E-state index contributed by atoms with van der Waals surface area (Å²) in [5.74, 6) is 0.490. The number of amides is 1. The molecule has 8 nitrogen and oxygen atoms in total. The molecule has 1 aliphatic rings. The second-order valence-corrected chi connectivity index (χ2v) is 9.54. The molecule has 1 N–H and O–H groups in total. The molecule has 0 bridgehead atoms. The molecule has 1 aliphatic carbocycles. The van der Waals surface area contributed by atoms with Crippen molar-refractivity contribution in [1.29, 1.82) is 0 Å². The lowest BCUT2D eigenvalue weighted by atomic mass is 9.95. The van der Waals surface area contributed by atoms with Crippen LogP contribution in [0.2, 0.25) is 5.02 Å². The van der Waals surface area contributed by atoms with Crippen LogP contribution in [-0.2, 0) is 24.2 Å². The minimum Gasteiger partial charge on any atom is -0.324 e. The van der Waals surface area contributed by atoms with Crippen LogP contribution in [0.3, 0.4) is 0 Å². The van der Waals surface area contributed by atoms with Crippen LogP contribution >= 0.6 is 34.7 Å². The first-order chi connectivity index (χ1) is 15.5. The first-order valence-electron chi connectivity index (χ1n) is 9.98. The standard InChI is InChI=1S/C21H20ClN5O3S2/c1-2-9-26-20(15-11-31-18-6-4-3-5-14(15)18)24-25-21(26)32-12-19(28)23-17-10-13(27(29)30)7-8-16(17)22/h2,7-8,10-11H,1,3-6,9,12H2,(H,23,28). The van der Waals surface area contributed by atoms with Gasteiger partial charge in [-0.2, -0.15) is 0 Å². The van der Waals surface area contributed by atoms with Gasteiger partial charge in [0, 0.05) is 34.5 Å². The highest BCUT2D eigenvalue weighted by Crippen LogP contribution is 2.37. The number of non-ortho nitro benzene ring substituents is 1. The maximum absolute atomic E-state index is 12.5. The Kier molecular flexibility index (Phi) is 6.92. The number of carbonyl (C=O) groups excluding carboxylic acids is 1. The summed E-state index contributed by atoms with van der Waals surface area (Å²) in [6.45, 7) is 4.36. The number of thioether (sulfide) groups is 1. The number of nitro groups is 1. The van der Waals surface area contributed by atoms with E-state index in [1.165, 1.54) is 53.2 Å². The Morgan fingerprint density at radius 2 is 2.19 bits per heavy atom. The van der Waals surface area contributed by atoms with Gasteiger partial charge in [0.25, 0.3) is 5.69 Å². The van der Waals surface area contributed by atoms with Gasteiger partial charge in [0.05, 0.1) is 21.4 Å². The molecule has 0 aliphatic heterocycles. The number of nitrogens with one attached hydrogen (secondary N) is 1. The number of nitrogens with zero attached hydrogens (tertiary/aromatic N) is 4. The summed E-state index contributed by atoms with van der Waals surface area (Å²) in [7, 11) is 0. The van der Waals surface area contributed by atoms with E-state index in [2.05, 4.69) is 27.5 Å². The van der Waals surface area contributed by atoms with Crippen LogP contribution in [0, 0.1) is 10.1 Å². The lowest BCUT2D eigenvalue weighted by molar-refractivity contribution is -0.384. The van der Waals surface area contributed by atoms with E-state index in [1.807, 2.05) is 4.57 Å². The molecule has 1 amide bonds. The predicted octanol–water partition coefficient (Wildman–Crippen LogP) is 5.36. The Bertz CT molecular complexity index is 1190. The molecule has 0 atom stereocenters. The summed E-state index contributed by atoms with van der Waals surface area (Å²) < 4.78 is 1.96. The second-order valence-electron chi connectivity index (χ2n) is 7.22. The Balaban J connectivity index is 1.50. The predicted molar refractivity (Wildman–Crippen MR) is 128 cm³/mol. The van der Waals surface area contributed by atoms with Crippen molar-refractivity contribution in [1.82, 2.24) is 14.8 Å². The molecule has 2 aromatic heterocycles. The van der Waals surface area contributed by atoms with Gasteiger partial charge in [-0.05, 0) is 37.3 Å². The van der Waals surface area contributed by atoms with Crippen molar-refractivity contribution < 1.29 is 9.72 Å². The average molecular weight is 490 g/mol. The fraction of sp³-hybridized carbons (Fsp3) is 0.286. The van der Waals surface area contributed by atoms with E-state index in [0.717, 1.165) is 24.2 Å². The van der Waals surface area contributed by atoms with E-state index in [9.17, 15) is 14.9 Å². The quantitative estimate of drug-likeness (QED) is 0.197. The van der Waals surface area contributed by atoms with Gasteiger partial charge in [0.2, 0.25) is 5.91 Å². The molecule has 1 aromatic carbocycles. The Hall–Kier alpha value is -2.69. The molecule has 0 fully saturated rings. The third-order valence-corrected chi connectivity index (χ3v) is 7.48. The molecule has 32 heavy (non-hydrogen) atoms. The van der Waals surface area contributed by atoms with Gasteiger partial charge in [-0.25, -0.2) is 0 Å². The van der Waals surface area contributed by atoms with E-state index in [1.54, 1.807) is 17.4 Å². The summed E-state index contributed by atoms with van der Waals surface area (Å²) in [4.78, 5) is 24.3. The van der Waals surface area contributed by atoms with Crippen molar-refractivity contribution >= 4 is 52.0 Å². The van der Waals surface area contributed by atoms with Gasteiger partial charge < -0.3 is 5.32 Å². The van der Waals surface area contributed by atoms with Crippen molar-refractivity contribution in [2.75, 3.05) is 11.1 Å². The third-order valence-electron chi connectivity index (χ3n) is 5.10. The number of halogens is 1. The van der Waals surface area contributed by atoms with Crippen LogP contribution in [0.4, 0.5) is 11.4 Å². The fourth-order valence-corrected chi connectivity index (χ4v) is 5.65. The number of hydrogen-bond donors (Lipinski definition) is 1. The lowest BCUT2D eigenvalue weighted by Gasteiger charge is -2.13. The van der Waals surface area contributed by atoms with E-state index in [0.29, 0.717) is 11.7 Å². The monoisotopic (exact) mass is 489 g/mol. The molecule has 4 rings (SSSR count). The van der Waals surface area contributed by atoms with Gasteiger partial charge in [0.1, 0.15) is 0 Å². The summed E-state index contributed by atoms with van der Waals surface area (Å²) in [5, 5.41) is 25.3. The van der Waals surface area contributed by atoms with Crippen molar-refractivity contribution in [3.05, 3.63) is 61.8 Å². The lowest BCUT2D eigenvalue weighted by Crippen LogP contribution is -2.15. The number of anilines is 1. The second kappa shape index (κ2) is 9.85. The van der Waals surface area contributed by atoms with Crippen molar-refractivity contribution in [3.8, 4) is 11.4 Å². The largest absolute Gasteiger partial charge is 0.324 e. The van der Waals surface area contributed by atoms with Gasteiger partial charge in [-0.1, -0.05) is 29.4 Å². The van der Waals surface area contributed by atoms with E-state index >= 15 is 0 Å². The van der Waals surface area contributed by atoms with Crippen molar-refractivity contribution in [2.24, 2.45) is 0 Å². The van der Waals surface area contributed by atoms with Gasteiger partial charge in [-0.15, -0.1) is 28.1 Å². The van der Waals surface area contributed by atoms with Gasteiger partial charge in [0.15, 0.2) is 11.0 Å². The van der Waals surface area contributed by atoms with Crippen LogP contribution in [0.25, 0.3) is 11.4 Å². The normalized spacial score (nSPS) is 12.9. The molecule has 0 unspecified atom stereocenters. The van der Waals surface area contributed by atoms with Crippen LogP contribution in [0.5, 0.6) is 0 Å². The first kappa shape index (κ1) is 22.5. The summed E-state index contributed by atoms with van der Waals surface area (Å²) in [5.41, 5.74) is 2.52. The zero-order valence-electron chi connectivity index (χ0n) is 17.0. The number of rotatable bonds is 8. The molecule has 0 spiro atoms.